The average Bonchev–Trinajstić information content (AvgIpc) is 2.01. The normalized spacial score (nSPS) is 14.4. The Labute approximate surface area is 80.5 Å². The molecule has 1 unspecified atom stereocenters. The first-order valence-electron chi connectivity index (χ1n) is 4.72. The first-order chi connectivity index (χ1) is 6.02. The number of hydrogen-bond donors (Lipinski definition) is 2. The number of nitrogens with one attached hydrogen (secondary N) is 1. The summed E-state index contributed by atoms with van der Waals surface area (Å²) in [5, 5.41) is 2.04. The van der Waals surface area contributed by atoms with Gasteiger partial charge in [-0.15, -0.1) is 0 Å². The van der Waals surface area contributed by atoms with Gasteiger partial charge in [-0.3, -0.25) is 9.87 Å². The summed E-state index contributed by atoms with van der Waals surface area (Å²) < 4.78 is 30.4. The molecular weight excluding hydrogens is 190 g/mol. The van der Waals surface area contributed by atoms with Gasteiger partial charge in [0.2, 0.25) is 0 Å². The van der Waals surface area contributed by atoms with E-state index in [1.54, 1.807) is 0 Å². The van der Waals surface area contributed by atoms with Crippen LogP contribution >= 0.6 is 0 Å². The van der Waals surface area contributed by atoms with Gasteiger partial charge in [-0.2, -0.15) is 8.42 Å². The molecule has 80 valence electrons. The van der Waals surface area contributed by atoms with Crippen molar-refractivity contribution in [3.63, 3.8) is 0 Å². The highest BCUT2D eigenvalue weighted by atomic mass is 32.2. The molecule has 0 rings (SSSR count). The maximum atomic E-state index is 10.8. The molecule has 0 spiro atoms. The van der Waals surface area contributed by atoms with E-state index in [9.17, 15) is 8.42 Å². The minimum absolute atomic E-state index is 0.461. The second kappa shape index (κ2) is 6.34. The Hall–Kier alpha value is -0.130. The topological polar surface area (TPSA) is 66.4 Å². The van der Waals surface area contributed by atoms with Crippen LogP contribution in [0.4, 0.5) is 0 Å². The minimum atomic E-state index is -3.92. The second-order valence-corrected chi connectivity index (χ2v) is 4.70. The highest BCUT2D eigenvalue weighted by molar-refractivity contribution is 7.86. The van der Waals surface area contributed by atoms with Gasteiger partial charge in [-0.05, 0) is 19.4 Å². The summed E-state index contributed by atoms with van der Waals surface area (Å²) in [6.07, 6.45) is 3.14. The van der Waals surface area contributed by atoms with Gasteiger partial charge in [0, 0.05) is 0 Å². The zero-order valence-electron chi connectivity index (χ0n) is 8.28. The molecule has 0 bridgehead atoms. The Kier molecular flexibility index (Phi) is 6.28. The van der Waals surface area contributed by atoms with Crippen LogP contribution in [-0.2, 0) is 10.1 Å². The predicted molar refractivity (Wildman–Crippen MR) is 53.2 cm³/mol. The van der Waals surface area contributed by atoms with Gasteiger partial charge in [0.05, 0.1) is 0 Å². The van der Waals surface area contributed by atoms with Crippen molar-refractivity contribution in [2.75, 3.05) is 6.54 Å². The summed E-state index contributed by atoms with van der Waals surface area (Å²) in [4.78, 5) is 0. The fourth-order valence-corrected chi connectivity index (χ4v) is 1.92. The summed E-state index contributed by atoms with van der Waals surface area (Å²) in [6.45, 7) is 4.56. The molecule has 0 aliphatic carbocycles. The average molecular weight is 209 g/mol. The van der Waals surface area contributed by atoms with E-state index >= 15 is 0 Å². The maximum absolute atomic E-state index is 10.8. The molecule has 0 heterocycles. The maximum Gasteiger partial charge on any atom is 0.281 e. The molecule has 1 atom stereocenters. The zero-order valence-corrected chi connectivity index (χ0v) is 9.10. The molecule has 0 saturated carbocycles. The number of hydrogen-bond acceptors (Lipinski definition) is 3. The van der Waals surface area contributed by atoms with Crippen molar-refractivity contribution in [1.82, 2.24) is 5.32 Å². The SMILES string of the molecule is CCCCNC(CCC)S(=O)(=O)O. The fourth-order valence-electron chi connectivity index (χ4n) is 1.06. The molecule has 0 aliphatic rings. The van der Waals surface area contributed by atoms with E-state index in [2.05, 4.69) is 5.32 Å². The van der Waals surface area contributed by atoms with E-state index in [0.717, 1.165) is 19.3 Å². The lowest BCUT2D eigenvalue weighted by atomic mass is 10.3. The van der Waals surface area contributed by atoms with E-state index in [1.165, 1.54) is 0 Å². The molecule has 0 radical (unpaired) electrons. The predicted octanol–water partition coefficient (Wildman–Crippen LogP) is 1.39. The van der Waals surface area contributed by atoms with Crippen molar-refractivity contribution in [2.24, 2.45) is 0 Å². The first kappa shape index (κ1) is 12.9. The van der Waals surface area contributed by atoms with Crippen LogP contribution < -0.4 is 5.32 Å². The highest BCUT2D eigenvalue weighted by Crippen LogP contribution is 2.03. The third kappa shape index (κ3) is 6.01. The van der Waals surface area contributed by atoms with Crippen molar-refractivity contribution in [2.45, 2.75) is 44.9 Å². The van der Waals surface area contributed by atoms with Gasteiger partial charge in [0.25, 0.3) is 10.1 Å². The van der Waals surface area contributed by atoms with Gasteiger partial charge in [0.15, 0.2) is 0 Å². The van der Waals surface area contributed by atoms with Gasteiger partial charge >= 0.3 is 0 Å². The Morgan fingerprint density at radius 1 is 1.31 bits per heavy atom. The van der Waals surface area contributed by atoms with E-state index in [0.29, 0.717) is 13.0 Å². The zero-order chi connectivity index (χ0) is 10.3. The van der Waals surface area contributed by atoms with Crippen molar-refractivity contribution in [3.05, 3.63) is 0 Å². The molecule has 13 heavy (non-hydrogen) atoms. The van der Waals surface area contributed by atoms with Crippen molar-refractivity contribution < 1.29 is 13.0 Å². The summed E-state index contributed by atoms with van der Waals surface area (Å²) >= 11 is 0. The second-order valence-electron chi connectivity index (χ2n) is 3.10. The van der Waals surface area contributed by atoms with Gasteiger partial charge < -0.3 is 0 Å². The van der Waals surface area contributed by atoms with Gasteiger partial charge in [0.1, 0.15) is 5.37 Å². The third-order valence-electron chi connectivity index (χ3n) is 1.81. The molecular formula is C8H19NO3S. The largest absolute Gasteiger partial charge is 0.299 e. The molecule has 0 aromatic rings. The molecule has 0 fully saturated rings. The summed E-state index contributed by atoms with van der Waals surface area (Å²) in [7, 11) is -3.92. The molecule has 2 N–H and O–H groups in total. The van der Waals surface area contributed by atoms with Gasteiger partial charge in [-0.1, -0.05) is 26.7 Å². The van der Waals surface area contributed by atoms with E-state index in [4.69, 9.17) is 4.55 Å². The van der Waals surface area contributed by atoms with E-state index in [-0.39, 0.29) is 0 Å². The van der Waals surface area contributed by atoms with Gasteiger partial charge in [-0.25, -0.2) is 0 Å². The number of rotatable bonds is 7. The molecule has 0 amide bonds. The lowest BCUT2D eigenvalue weighted by molar-refractivity contribution is 0.438. The Morgan fingerprint density at radius 2 is 1.92 bits per heavy atom. The third-order valence-corrected chi connectivity index (χ3v) is 2.93. The Morgan fingerprint density at radius 3 is 2.31 bits per heavy atom. The van der Waals surface area contributed by atoms with E-state index in [1.807, 2.05) is 13.8 Å². The van der Waals surface area contributed by atoms with Crippen LogP contribution in [0, 0.1) is 0 Å². The van der Waals surface area contributed by atoms with E-state index < -0.39 is 15.5 Å². The standard InChI is InChI=1S/C8H19NO3S/c1-3-5-7-9-8(6-4-2)13(10,11)12/h8-9H,3-7H2,1-2H3,(H,10,11,12). The lowest BCUT2D eigenvalue weighted by Gasteiger charge is -2.14. The van der Waals surface area contributed by atoms with Crippen LogP contribution in [-0.4, -0.2) is 24.9 Å². The van der Waals surface area contributed by atoms with Crippen molar-refractivity contribution in [1.29, 1.82) is 0 Å². The minimum Gasteiger partial charge on any atom is -0.299 e. The van der Waals surface area contributed by atoms with Crippen LogP contribution in [0.25, 0.3) is 0 Å². The molecule has 0 saturated heterocycles. The van der Waals surface area contributed by atoms with Crippen molar-refractivity contribution >= 4 is 10.1 Å². The molecule has 0 aromatic carbocycles. The summed E-state index contributed by atoms with van der Waals surface area (Å²) in [5.74, 6) is 0. The Balaban J connectivity index is 3.96. The van der Waals surface area contributed by atoms with Crippen LogP contribution in [0.3, 0.4) is 0 Å². The molecule has 5 heteroatoms. The van der Waals surface area contributed by atoms with Crippen LogP contribution in [0.5, 0.6) is 0 Å². The Bertz CT molecular complexity index is 213. The first-order valence-corrected chi connectivity index (χ1v) is 6.22. The van der Waals surface area contributed by atoms with Crippen LogP contribution in [0.15, 0.2) is 0 Å². The molecule has 0 aliphatic heterocycles. The fraction of sp³-hybridized carbons (Fsp3) is 1.00. The molecule has 0 aromatic heterocycles. The highest BCUT2D eigenvalue weighted by Gasteiger charge is 2.20. The number of unbranched alkanes of at least 4 members (excludes halogenated alkanes) is 1. The van der Waals surface area contributed by atoms with Crippen molar-refractivity contribution in [3.8, 4) is 0 Å². The smallest absolute Gasteiger partial charge is 0.281 e. The molecule has 4 nitrogen and oxygen atoms in total. The summed E-state index contributed by atoms with van der Waals surface area (Å²) in [6, 6.07) is 0. The van der Waals surface area contributed by atoms with Crippen LogP contribution in [0.1, 0.15) is 39.5 Å². The van der Waals surface area contributed by atoms with Crippen LogP contribution in [0.2, 0.25) is 0 Å². The summed E-state index contributed by atoms with van der Waals surface area (Å²) in [5.41, 5.74) is 0. The monoisotopic (exact) mass is 209 g/mol. The quantitative estimate of drug-likeness (QED) is 0.491. The lowest BCUT2D eigenvalue weighted by Crippen LogP contribution is -2.36.